The highest BCUT2D eigenvalue weighted by Gasteiger charge is 2.55. The molecule has 1 saturated heterocycles. The Bertz CT molecular complexity index is 532. The molecule has 2 aliphatic carbocycles. The lowest BCUT2D eigenvalue weighted by atomic mass is 9.70. The molecule has 0 aromatic carbocycles. The molecule has 0 aromatic rings. The number of ether oxygens (including phenoxy) is 1. The molecule has 22 heavy (non-hydrogen) atoms. The van der Waals surface area contributed by atoms with Crippen molar-refractivity contribution in [1.82, 2.24) is 0 Å². The van der Waals surface area contributed by atoms with Crippen LogP contribution in [0.5, 0.6) is 0 Å². The van der Waals surface area contributed by atoms with E-state index in [1.165, 1.54) is 11.1 Å². The van der Waals surface area contributed by atoms with Gasteiger partial charge in [0.1, 0.15) is 5.78 Å². The summed E-state index contributed by atoms with van der Waals surface area (Å²) in [5.74, 6) is 1.21. The zero-order chi connectivity index (χ0) is 16.1. The van der Waals surface area contributed by atoms with E-state index in [0.29, 0.717) is 30.1 Å². The van der Waals surface area contributed by atoms with E-state index in [4.69, 9.17) is 4.74 Å². The molecule has 5 unspecified atom stereocenters. The molecule has 0 aromatic heterocycles. The summed E-state index contributed by atoms with van der Waals surface area (Å²) < 4.78 is 5.99. The second-order valence-corrected chi connectivity index (χ2v) is 8.36. The van der Waals surface area contributed by atoms with Crippen LogP contribution in [0.15, 0.2) is 23.8 Å². The van der Waals surface area contributed by atoms with Crippen LogP contribution in [-0.4, -0.2) is 17.5 Å². The second-order valence-electron chi connectivity index (χ2n) is 8.36. The number of epoxide rings is 1. The molecule has 1 saturated carbocycles. The van der Waals surface area contributed by atoms with Crippen LogP contribution in [0.3, 0.4) is 0 Å². The summed E-state index contributed by atoms with van der Waals surface area (Å²) in [6.45, 7) is 12.9. The van der Waals surface area contributed by atoms with E-state index < -0.39 is 0 Å². The summed E-state index contributed by atoms with van der Waals surface area (Å²) >= 11 is 0. The van der Waals surface area contributed by atoms with Crippen LogP contribution >= 0.6 is 0 Å². The van der Waals surface area contributed by atoms with Gasteiger partial charge >= 0.3 is 0 Å². The molecule has 0 bridgehead atoms. The first-order valence-electron chi connectivity index (χ1n) is 8.78. The fourth-order valence-corrected chi connectivity index (χ4v) is 4.69. The third-order valence-corrected chi connectivity index (χ3v) is 6.64. The third-order valence-electron chi connectivity index (χ3n) is 6.64. The molecule has 0 N–H and O–H groups in total. The maximum atomic E-state index is 12.8. The Morgan fingerprint density at radius 3 is 2.77 bits per heavy atom. The van der Waals surface area contributed by atoms with Crippen molar-refractivity contribution in [2.24, 2.45) is 17.3 Å². The number of carbonyl (C=O) groups is 1. The van der Waals surface area contributed by atoms with Crippen molar-refractivity contribution in [3.8, 4) is 0 Å². The van der Waals surface area contributed by atoms with Gasteiger partial charge in [-0.25, -0.2) is 0 Å². The number of hydrogen-bond acceptors (Lipinski definition) is 2. The van der Waals surface area contributed by atoms with Crippen LogP contribution in [0.25, 0.3) is 0 Å². The van der Waals surface area contributed by atoms with E-state index in [1.54, 1.807) is 0 Å². The minimum absolute atomic E-state index is 0.0524. The highest BCUT2D eigenvalue weighted by atomic mass is 16.6. The molecule has 5 atom stereocenters. The van der Waals surface area contributed by atoms with Crippen molar-refractivity contribution in [2.45, 2.75) is 77.9 Å². The predicted octanol–water partition coefficient (Wildman–Crippen LogP) is 4.84. The number of rotatable bonds is 1. The van der Waals surface area contributed by atoms with Crippen molar-refractivity contribution in [3.05, 3.63) is 23.8 Å². The highest BCUT2D eigenvalue weighted by molar-refractivity contribution is 5.88. The average Bonchev–Trinajstić information content (AvgIpc) is 3.03. The van der Waals surface area contributed by atoms with Gasteiger partial charge < -0.3 is 4.74 Å². The topological polar surface area (TPSA) is 29.6 Å². The molecule has 3 aliphatic rings. The van der Waals surface area contributed by atoms with Crippen LogP contribution in [0.4, 0.5) is 0 Å². The first kappa shape index (κ1) is 16.0. The van der Waals surface area contributed by atoms with Crippen molar-refractivity contribution >= 4 is 5.78 Å². The SMILES string of the molecule is C=C(C)C1CC(=O)C2(C)CC=C(C)CCC3OC3(C)CCC12. The maximum absolute atomic E-state index is 12.8. The van der Waals surface area contributed by atoms with Crippen LogP contribution in [-0.2, 0) is 9.53 Å². The summed E-state index contributed by atoms with van der Waals surface area (Å²) in [7, 11) is 0. The fourth-order valence-electron chi connectivity index (χ4n) is 4.69. The van der Waals surface area contributed by atoms with E-state index in [2.05, 4.69) is 40.3 Å². The molecule has 1 aliphatic heterocycles. The maximum Gasteiger partial charge on any atom is 0.139 e. The third kappa shape index (κ3) is 2.60. The molecule has 0 amide bonds. The Kier molecular flexibility index (Phi) is 3.87. The van der Waals surface area contributed by atoms with Gasteiger partial charge in [0.2, 0.25) is 0 Å². The first-order valence-corrected chi connectivity index (χ1v) is 8.78. The van der Waals surface area contributed by atoms with Gasteiger partial charge in [0.15, 0.2) is 0 Å². The Morgan fingerprint density at radius 1 is 1.36 bits per heavy atom. The van der Waals surface area contributed by atoms with E-state index in [1.807, 2.05) is 0 Å². The van der Waals surface area contributed by atoms with Crippen molar-refractivity contribution in [2.75, 3.05) is 0 Å². The molecular formula is C20H30O2. The Labute approximate surface area is 135 Å². The number of Topliss-reactive ketones (excluding diaryl/α,β-unsaturated/α-hetero) is 1. The standard InChI is InChI=1S/C20H30O2/c1-13(2)15-12-17(21)19(4)10-8-14(3)6-7-18-20(5,22-18)11-9-16(15)19/h8,15-16,18H,1,6-7,9-12H2,2-5H3. The van der Waals surface area contributed by atoms with E-state index in [0.717, 1.165) is 32.1 Å². The number of allylic oxidation sites excluding steroid dienone is 3. The lowest BCUT2D eigenvalue weighted by molar-refractivity contribution is -0.126. The summed E-state index contributed by atoms with van der Waals surface area (Å²) in [6, 6.07) is 0. The number of ketones is 1. The number of carbonyl (C=O) groups excluding carboxylic acids is 1. The Morgan fingerprint density at radius 2 is 2.09 bits per heavy atom. The fraction of sp³-hybridized carbons (Fsp3) is 0.750. The second kappa shape index (κ2) is 5.33. The summed E-state index contributed by atoms with van der Waals surface area (Å²) in [5, 5.41) is 0. The van der Waals surface area contributed by atoms with Gasteiger partial charge in [0.05, 0.1) is 11.7 Å². The van der Waals surface area contributed by atoms with Gasteiger partial charge in [-0.1, -0.05) is 30.7 Å². The molecule has 0 radical (unpaired) electrons. The molecule has 2 nitrogen and oxygen atoms in total. The molecule has 3 rings (SSSR count). The molecule has 1 heterocycles. The summed E-state index contributed by atoms with van der Waals surface area (Å²) in [4.78, 5) is 12.8. The minimum Gasteiger partial charge on any atom is -0.366 e. The first-order chi connectivity index (χ1) is 10.3. The monoisotopic (exact) mass is 302 g/mol. The van der Waals surface area contributed by atoms with Gasteiger partial charge in [0, 0.05) is 11.8 Å². The zero-order valence-corrected chi connectivity index (χ0v) is 14.6. The largest absolute Gasteiger partial charge is 0.366 e. The van der Waals surface area contributed by atoms with E-state index in [9.17, 15) is 4.79 Å². The number of fused-ring (bicyclic) bond motifs is 2. The van der Waals surface area contributed by atoms with Crippen LogP contribution in [0.1, 0.15) is 66.2 Å². The highest BCUT2D eigenvalue weighted by Crippen LogP contribution is 2.54. The van der Waals surface area contributed by atoms with Gasteiger partial charge in [-0.15, -0.1) is 0 Å². The molecule has 2 fully saturated rings. The summed E-state index contributed by atoms with van der Waals surface area (Å²) in [5.41, 5.74) is 2.43. The predicted molar refractivity (Wildman–Crippen MR) is 89.6 cm³/mol. The van der Waals surface area contributed by atoms with Gasteiger partial charge in [-0.05, 0) is 64.7 Å². The molecular weight excluding hydrogens is 272 g/mol. The molecule has 2 heteroatoms. The van der Waals surface area contributed by atoms with E-state index >= 15 is 0 Å². The average molecular weight is 302 g/mol. The van der Waals surface area contributed by atoms with Crippen LogP contribution in [0, 0.1) is 17.3 Å². The smallest absolute Gasteiger partial charge is 0.139 e. The normalized spacial score (nSPS) is 45.4. The molecule has 0 spiro atoms. The van der Waals surface area contributed by atoms with Gasteiger partial charge in [-0.2, -0.15) is 0 Å². The van der Waals surface area contributed by atoms with Crippen LogP contribution < -0.4 is 0 Å². The lowest BCUT2D eigenvalue weighted by Crippen LogP contribution is -2.31. The Hall–Kier alpha value is -0.890. The van der Waals surface area contributed by atoms with Crippen molar-refractivity contribution in [3.63, 3.8) is 0 Å². The number of hydrogen-bond donors (Lipinski definition) is 0. The van der Waals surface area contributed by atoms with Gasteiger partial charge in [-0.3, -0.25) is 4.79 Å². The van der Waals surface area contributed by atoms with E-state index in [-0.39, 0.29) is 11.0 Å². The van der Waals surface area contributed by atoms with Gasteiger partial charge in [0.25, 0.3) is 0 Å². The quantitative estimate of drug-likeness (QED) is 0.512. The van der Waals surface area contributed by atoms with Crippen molar-refractivity contribution in [1.29, 1.82) is 0 Å². The van der Waals surface area contributed by atoms with Crippen molar-refractivity contribution < 1.29 is 9.53 Å². The lowest BCUT2D eigenvalue weighted by Gasteiger charge is -2.33. The molecule has 122 valence electrons. The van der Waals surface area contributed by atoms with Crippen LogP contribution in [0.2, 0.25) is 0 Å². The minimum atomic E-state index is -0.212. The zero-order valence-electron chi connectivity index (χ0n) is 14.6. The summed E-state index contributed by atoms with van der Waals surface area (Å²) in [6.07, 6.45) is 8.70. The Balaban J connectivity index is 1.92.